The molecule has 0 aromatic heterocycles. The molecule has 0 spiro atoms. The molecule has 2 fully saturated rings. The van der Waals surface area contributed by atoms with E-state index in [4.69, 9.17) is 9.47 Å². The molecule has 4 nitrogen and oxygen atoms in total. The Labute approximate surface area is 146 Å². The standard InChI is InChI=1S/C20H32N2O2/c1-21(15-16-9-5-4-6-10-16)17-13-19(23-2)20(24-3)14-18(17)22-11-7-8-12-22/h4-6,9-10,17-20H,7-8,11-15H2,1-3H3. The summed E-state index contributed by atoms with van der Waals surface area (Å²) in [5.74, 6) is 0. The topological polar surface area (TPSA) is 24.9 Å². The third-order valence-electron chi connectivity index (χ3n) is 5.86. The Balaban J connectivity index is 1.75. The van der Waals surface area contributed by atoms with Crippen LogP contribution in [0.1, 0.15) is 31.2 Å². The van der Waals surface area contributed by atoms with E-state index in [0.717, 1.165) is 19.4 Å². The lowest BCUT2D eigenvalue weighted by molar-refractivity contribution is -0.100. The minimum Gasteiger partial charge on any atom is -0.379 e. The Morgan fingerprint density at radius 3 is 2.25 bits per heavy atom. The summed E-state index contributed by atoms with van der Waals surface area (Å²) >= 11 is 0. The summed E-state index contributed by atoms with van der Waals surface area (Å²) in [5, 5.41) is 0. The first kappa shape index (κ1) is 17.9. The zero-order valence-electron chi connectivity index (χ0n) is 15.4. The lowest BCUT2D eigenvalue weighted by atomic mass is 9.84. The van der Waals surface area contributed by atoms with Gasteiger partial charge in [-0.05, 0) is 51.4 Å². The quantitative estimate of drug-likeness (QED) is 0.800. The molecule has 1 saturated heterocycles. The molecule has 1 aromatic rings. The molecule has 2 aliphatic rings. The van der Waals surface area contributed by atoms with E-state index < -0.39 is 0 Å². The molecule has 0 amide bonds. The van der Waals surface area contributed by atoms with Crippen molar-refractivity contribution in [1.82, 2.24) is 9.80 Å². The van der Waals surface area contributed by atoms with Gasteiger partial charge in [-0.15, -0.1) is 0 Å². The Kier molecular flexibility index (Phi) is 6.28. The minimum atomic E-state index is 0.192. The van der Waals surface area contributed by atoms with Crippen molar-refractivity contribution in [2.24, 2.45) is 0 Å². The molecular formula is C20H32N2O2. The highest BCUT2D eigenvalue weighted by atomic mass is 16.5. The highest BCUT2D eigenvalue weighted by molar-refractivity contribution is 5.15. The number of likely N-dealkylation sites (N-methyl/N-ethyl adjacent to an activating group) is 1. The average Bonchev–Trinajstić information content (AvgIpc) is 3.15. The number of hydrogen-bond donors (Lipinski definition) is 0. The van der Waals surface area contributed by atoms with Gasteiger partial charge in [0.2, 0.25) is 0 Å². The van der Waals surface area contributed by atoms with Gasteiger partial charge in [-0.2, -0.15) is 0 Å². The SMILES string of the molecule is COC1CC(N(C)Cc2ccccc2)C(N2CCCC2)CC1OC. The van der Waals surface area contributed by atoms with E-state index in [-0.39, 0.29) is 12.2 Å². The van der Waals surface area contributed by atoms with Gasteiger partial charge in [-0.25, -0.2) is 0 Å². The largest absolute Gasteiger partial charge is 0.379 e. The first-order chi connectivity index (χ1) is 11.7. The normalized spacial score (nSPS) is 31.7. The molecule has 0 radical (unpaired) electrons. The third kappa shape index (κ3) is 3.99. The number of likely N-dealkylation sites (tertiary alicyclic amines) is 1. The van der Waals surface area contributed by atoms with Crippen molar-refractivity contribution in [3.63, 3.8) is 0 Å². The van der Waals surface area contributed by atoms with Crippen molar-refractivity contribution >= 4 is 0 Å². The van der Waals surface area contributed by atoms with Gasteiger partial charge in [0.1, 0.15) is 0 Å². The maximum absolute atomic E-state index is 5.77. The van der Waals surface area contributed by atoms with Crippen LogP contribution in [0, 0.1) is 0 Å². The van der Waals surface area contributed by atoms with Crippen molar-refractivity contribution in [3.8, 4) is 0 Å². The molecule has 1 aromatic carbocycles. The van der Waals surface area contributed by atoms with Gasteiger partial charge < -0.3 is 9.47 Å². The van der Waals surface area contributed by atoms with E-state index in [0.29, 0.717) is 12.1 Å². The van der Waals surface area contributed by atoms with E-state index in [1.807, 2.05) is 14.2 Å². The number of rotatable bonds is 6. The van der Waals surface area contributed by atoms with Crippen LogP contribution in [0.15, 0.2) is 30.3 Å². The Morgan fingerprint density at radius 2 is 1.62 bits per heavy atom. The molecule has 4 unspecified atom stereocenters. The molecule has 1 saturated carbocycles. The molecule has 4 heteroatoms. The van der Waals surface area contributed by atoms with Crippen LogP contribution in [0.25, 0.3) is 0 Å². The zero-order chi connectivity index (χ0) is 16.9. The van der Waals surface area contributed by atoms with Gasteiger partial charge in [0.25, 0.3) is 0 Å². The number of methoxy groups -OCH3 is 2. The smallest absolute Gasteiger partial charge is 0.0848 e. The summed E-state index contributed by atoms with van der Waals surface area (Å²) < 4.78 is 11.5. The summed E-state index contributed by atoms with van der Waals surface area (Å²) in [6, 6.07) is 11.9. The second-order valence-electron chi connectivity index (χ2n) is 7.30. The molecule has 0 N–H and O–H groups in total. The van der Waals surface area contributed by atoms with Crippen molar-refractivity contribution < 1.29 is 9.47 Å². The highest BCUT2D eigenvalue weighted by Crippen LogP contribution is 2.32. The highest BCUT2D eigenvalue weighted by Gasteiger charge is 2.42. The molecule has 0 bridgehead atoms. The fraction of sp³-hybridized carbons (Fsp3) is 0.700. The maximum Gasteiger partial charge on any atom is 0.0848 e. The fourth-order valence-corrected chi connectivity index (χ4v) is 4.52. The monoisotopic (exact) mass is 332 g/mol. The van der Waals surface area contributed by atoms with E-state index in [1.165, 1.54) is 31.5 Å². The number of ether oxygens (including phenoxy) is 2. The minimum absolute atomic E-state index is 0.192. The number of benzene rings is 1. The fourth-order valence-electron chi connectivity index (χ4n) is 4.52. The first-order valence-electron chi connectivity index (χ1n) is 9.26. The lowest BCUT2D eigenvalue weighted by Crippen LogP contribution is -2.58. The van der Waals surface area contributed by atoms with Crippen LogP contribution in [0.2, 0.25) is 0 Å². The molecular weight excluding hydrogens is 300 g/mol. The molecule has 1 aliphatic heterocycles. The van der Waals surface area contributed by atoms with Crippen LogP contribution in [0.5, 0.6) is 0 Å². The summed E-state index contributed by atoms with van der Waals surface area (Å²) in [6.07, 6.45) is 5.17. The van der Waals surface area contributed by atoms with Crippen LogP contribution in [-0.4, -0.2) is 68.4 Å². The Morgan fingerprint density at radius 1 is 1.00 bits per heavy atom. The summed E-state index contributed by atoms with van der Waals surface area (Å²) in [5.41, 5.74) is 1.38. The van der Waals surface area contributed by atoms with Crippen LogP contribution < -0.4 is 0 Å². The molecule has 134 valence electrons. The summed E-state index contributed by atoms with van der Waals surface area (Å²) in [7, 11) is 5.91. The second-order valence-corrected chi connectivity index (χ2v) is 7.30. The van der Waals surface area contributed by atoms with Gasteiger partial charge in [0, 0.05) is 32.8 Å². The third-order valence-corrected chi connectivity index (χ3v) is 5.86. The van der Waals surface area contributed by atoms with Crippen molar-refractivity contribution in [2.75, 3.05) is 34.4 Å². The first-order valence-corrected chi connectivity index (χ1v) is 9.26. The number of nitrogens with zero attached hydrogens (tertiary/aromatic N) is 2. The maximum atomic E-state index is 5.77. The molecule has 4 atom stereocenters. The lowest BCUT2D eigenvalue weighted by Gasteiger charge is -2.47. The van der Waals surface area contributed by atoms with Crippen LogP contribution in [0.3, 0.4) is 0 Å². The van der Waals surface area contributed by atoms with E-state index >= 15 is 0 Å². The zero-order valence-corrected chi connectivity index (χ0v) is 15.4. The molecule has 24 heavy (non-hydrogen) atoms. The molecule has 3 rings (SSSR count). The second kappa shape index (κ2) is 8.43. The van der Waals surface area contributed by atoms with Crippen LogP contribution >= 0.6 is 0 Å². The number of hydrogen-bond acceptors (Lipinski definition) is 4. The van der Waals surface area contributed by atoms with E-state index in [2.05, 4.69) is 47.2 Å². The molecule has 1 aliphatic carbocycles. The summed E-state index contributed by atoms with van der Waals surface area (Å²) in [4.78, 5) is 5.21. The summed E-state index contributed by atoms with van der Waals surface area (Å²) in [6.45, 7) is 3.45. The molecule has 1 heterocycles. The van der Waals surface area contributed by atoms with Gasteiger partial charge >= 0.3 is 0 Å². The average molecular weight is 332 g/mol. The van der Waals surface area contributed by atoms with E-state index in [9.17, 15) is 0 Å². The van der Waals surface area contributed by atoms with Crippen molar-refractivity contribution in [1.29, 1.82) is 0 Å². The van der Waals surface area contributed by atoms with Gasteiger partial charge in [0.15, 0.2) is 0 Å². The van der Waals surface area contributed by atoms with Gasteiger partial charge in [-0.1, -0.05) is 30.3 Å². The predicted molar refractivity (Wildman–Crippen MR) is 97.1 cm³/mol. The Hall–Kier alpha value is -0.940. The van der Waals surface area contributed by atoms with Crippen molar-refractivity contribution in [3.05, 3.63) is 35.9 Å². The Bertz CT molecular complexity index is 490. The predicted octanol–water partition coefficient (Wildman–Crippen LogP) is 2.78. The van der Waals surface area contributed by atoms with Gasteiger partial charge in [0.05, 0.1) is 12.2 Å². The van der Waals surface area contributed by atoms with Crippen LogP contribution in [0.4, 0.5) is 0 Å². The van der Waals surface area contributed by atoms with Gasteiger partial charge in [-0.3, -0.25) is 9.80 Å². The van der Waals surface area contributed by atoms with E-state index in [1.54, 1.807) is 0 Å². The van der Waals surface area contributed by atoms with Crippen LogP contribution in [-0.2, 0) is 16.0 Å². The van der Waals surface area contributed by atoms with Crippen molar-refractivity contribution in [2.45, 2.75) is 56.5 Å².